The van der Waals surface area contributed by atoms with Gasteiger partial charge in [-0.15, -0.1) is 0 Å². The highest BCUT2D eigenvalue weighted by molar-refractivity contribution is 14.1. The lowest BCUT2D eigenvalue weighted by atomic mass is 10.0. The first-order valence-electron chi connectivity index (χ1n) is 3.94. The third-order valence-corrected chi connectivity index (χ3v) is 3.22. The summed E-state index contributed by atoms with van der Waals surface area (Å²) in [6, 6.07) is 3.63. The normalized spacial score (nSPS) is 9.93. The SMILES string of the molecule is Cc1cc(I)c(C=O)c(C(=O)CBr)c1. The van der Waals surface area contributed by atoms with Gasteiger partial charge in [-0.25, -0.2) is 0 Å². The molecule has 0 saturated carbocycles. The molecular formula is C10H8BrIO2. The minimum Gasteiger partial charge on any atom is -0.298 e. The predicted octanol–water partition coefficient (Wildman–Crippen LogP) is 2.99. The highest BCUT2D eigenvalue weighted by Crippen LogP contribution is 2.19. The fourth-order valence-corrected chi connectivity index (χ4v) is 2.39. The van der Waals surface area contributed by atoms with E-state index in [1.165, 1.54) is 0 Å². The molecule has 14 heavy (non-hydrogen) atoms. The Morgan fingerprint density at radius 3 is 2.71 bits per heavy atom. The van der Waals surface area contributed by atoms with E-state index in [9.17, 15) is 9.59 Å². The molecule has 0 heterocycles. The summed E-state index contributed by atoms with van der Waals surface area (Å²) in [5.41, 5.74) is 1.98. The molecular weight excluding hydrogens is 359 g/mol. The molecule has 1 rings (SSSR count). The first-order valence-corrected chi connectivity index (χ1v) is 6.14. The van der Waals surface area contributed by atoms with Gasteiger partial charge in [-0.2, -0.15) is 0 Å². The maximum atomic E-state index is 11.5. The van der Waals surface area contributed by atoms with Crippen molar-refractivity contribution in [2.24, 2.45) is 0 Å². The van der Waals surface area contributed by atoms with Crippen LogP contribution in [0.3, 0.4) is 0 Å². The zero-order chi connectivity index (χ0) is 10.7. The Hall–Kier alpha value is -0.230. The minimum atomic E-state index is -0.0614. The summed E-state index contributed by atoms with van der Waals surface area (Å²) in [7, 11) is 0. The van der Waals surface area contributed by atoms with Crippen LogP contribution in [-0.2, 0) is 0 Å². The van der Waals surface area contributed by atoms with Crippen LogP contribution >= 0.6 is 38.5 Å². The van der Waals surface area contributed by atoms with E-state index < -0.39 is 0 Å². The Bertz CT molecular complexity index is 388. The van der Waals surface area contributed by atoms with Crippen molar-refractivity contribution in [3.8, 4) is 0 Å². The van der Waals surface area contributed by atoms with Gasteiger partial charge in [-0.05, 0) is 47.2 Å². The molecule has 0 unspecified atom stereocenters. The number of aryl methyl sites for hydroxylation is 1. The Morgan fingerprint density at radius 2 is 2.21 bits per heavy atom. The summed E-state index contributed by atoms with van der Waals surface area (Å²) < 4.78 is 0.821. The number of ketones is 1. The molecule has 0 fully saturated rings. The van der Waals surface area contributed by atoms with Crippen LogP contribution in [0.5, 0.6) is 0 Å². The summed E-state index contributed by atoms with van der Waals surface area (Å²) in [5.74, 6) is -0.0614. The van der Waals surface area contributed by atoms with Crippen molar-refractivity contribution in [3.05, 3.63) is 32.4 Å². The smallest absolute Gasteiger partial charge is 0.174 e. The topological polar surface area (TPSA) is 34.1 Å². The van der Waals surface area contributed by atoms with Crippen molar-refractivity contribution in [2.45, 2.75) is 6.92 Å². The van der Waals surface area contributed by atoms with Crippen LogP contribution < -0.4 is 0 Å². The molecule has 0 atom stereocenters. The number of halogens is 2. The molecule has 2 nitrogen and oxygen atoms in total. The van der Waals surface area contributed by atoms with E-state index in [1.807, 2.05) is 13.0 Å². The molecule has 0 radical (unpaired) electrons. The molecule has 0 aliphatic heterocycles. The van der Waals surface area contributed by atoms with Gasteiger partial charge in [0.15, 0.2) is 12.1 Å². The monoisotopic (exact) mass is 366 g/mol. The second-order valence-corrected chi connectivity index (χ2v) is 4.61. The summed E-state index contributed by atoms with van der Waals surface area (Å²) in [4.78, 5) is 22.3. The van der Waals surface area contributed by atoms with Crippen molar-refractivity contribution in [1.82, 2.24) is 0 Å². The van der Waals surface area contributed by atoms with Gasteiger partial charge in [0, 0.05) is 14.7 Å². The zero-order valence-corrected chi connectivity index (χ0v) is 11.3. The van der Waals surface area contributed by atoms with Gasteiger partial charge in [-0.1, -0.05) is 15.9 Å². The van der Waals surface area contributed by atoms with Crippen LogP contribution in [0.4, 0.5) is 0 Å². The lowest BCUT2D eigenvalue weighted by Gasteiger charge is -2.05. The second-order valence-electron chi connectivity index (χ2n) is 2.88. The molecule has 1 aromatic rings. The molecule has 0 spiro atoms. The average molecular weight is 367 g/mol. The number of carbonyl (C=O) groups excluding carboxylic acids is 2. The van der Waals surface area contributed by atoms with Crippen LogP contribution in [0.15, 0.2) is 12.1 Å². The lowest BCUT2D eigenvalue weighted by molar-refractivity contribution is 0.101. The fourth-order valence-electron chi connectivity index (χ4n) is 1.18. The van der Waals surface area contributed by atoms with E-state index >= 15 is 0 Å². The highest BCUT2D eigenvalue weighted by atomic mass is 127. The van der Waals surface area contributed by atoms with Crippen molar-refractivity contribution in [1.29, 1.82) is 0 Å². The van der Waals surface area contributed by atoms with Gasteiger partial charge in [0.2, 0.25) is 0 Å². The van der Waals surface area contributed by atoms with Gasteiger partial charge < -0.3 is 0 Å². The number of rotatable bonds is 3. The Labute approximate surface area is 104 Å². The first-order chi connectivity index (χ1) is 6.60. The van der Waals surface area contributed by atoms with Gasteiger partial charge in [0.25, 0.3) is 0 Å². The Kier molecular flexibility index (Phi) is 4.25. The Morgan fingerprint density at radius 1 is 1.57 bits per heavy atom. The number of Topliss-reactive ketones (excluding diaryl/α,β-unsaturated/α-hetero) is 1. The molecule has 0 amide bonds. The molecule has 0 N–H and O–H groups in total. The van der Waals surface area contributed by atoms with E-state index in [0.717, 1.165) is 15.4 Å². The number of aldehydes is 1. The van der Waals surface area contributed by atoms with Gasteiger partial charge >= 0.3 is 0 Å². The predicted molar refractivity (Wildman–Crippen MR) is 67.4 cm³/mol. The molecule has 74 valence electrons. The third-order valence-electron chi connectivity index (χ3n) is 1.81. The number of benzene rings is 1. The molecule has 0 aliphatic rings. The van der Waals surface area contributed by atoms with Gasteiger partial charge in [0.05, 0.1) is 5.33 Å². The van der Waals surface area contributed by atoms with Gasteiger partial charge in [0.1, 0.15) is 0 Å². The zero-order valence-electron chi connectivity index (χ0n) is 7.51. The summed E-state index contributed by atoms with van der Waals surface area (Å²) in [6.07, 6.45) is 0.733. The van der Waals surface area contributed by atoms with Crippen LogP contribution in [0.2, 0.25) is 0 Å². The van der Waals surface area contributed by atoms with Crippen LogP contribution in [-0.4, -0.2) is 17.4 Å². The maximum Gasteiger partial charge on any atom is 0.174 e. The number of hydrogen-bond acceptors (Lipinski definition) is 2. The number of alkyl halides is 1. The molecule has 0 aromatic heterocycles. The molecule has 0 aliphatic carbocycles. The first kappa shape index (κ1) is 11.8. The van der Waals surface area contributed by atoms with Crippen LogP contribution in [0.25, 0.3) is 0 Å². The molecule has 0 bridgehead atoms. The molecule has 0 saturated heterocycles. The van der Waals surface area contributed by atoms with E-state index in [4.69, 9.17) is 0 Å². The Balaban J connectivity index is 3.39. The largest absolute Gasteiger partial charge is 0.298 e. The summed E-state index contributed by atoms with van der Waals surface area (Å²) in [5, 5.41) is 0.243. The molecule has 1 aromatic carbocycles. The quantitative estimate of drug-likeness (QED) is 0.356. The van der Waals surface area contributed by atoms with Crippen molar-refractivity contribution in [3.63, 3.8) is 0 Å². The summed E-state index contributed by atoms with van der Waals surface area (Å²) in [6.45, 7) is 1.90. The summed E-state index contributed by atoms with van der Waals surface area (Å²) >= 11 is 5.16. The molecule has 4 heteroatoms. The fraction of sp³-hybridized carbons (Fsp3) is 0.200. The number of hydrogen-bond donors (Lipinski definition) is 0. The lowest BCUT2D eigenvalue weighted by Crippen LogP contribution is -2.06. The van der Waals surface area contributed by atoms with E-state index in [-0.39, 0.29) is 11.1 Å². The minimum absolute atomic E-state index is 0.0614. The van der Waals surface area contributed by atoms with Crippen LogP contribution in [0.1, 0.15) is 26.3 Å². The van der Waals surface area contributed by atoms with E-state index in [0.29, 0.717) is 11.1 Å². The van der Waals surface area contributed by atoms with E-state index in [2.05, 4.69) is 38.5 Å². The second kappa shape index (κ2) is 5.02. The van der Waals surface area contributed by atoms with Crippen molar-refractivity contribution >= 4 is 50.6 Å². The van der Waals surface area contributed by atoms with Crippen molar-refractivity contribution in [2.75, 3.05) is 5.33 Å². The van der Waals surface area contributed by atoms with Gasteiger partial charge in [-0.3, -0.25) is 9.59 Å². The van der Waals surface area contributed by atoms with E-state index in [1.54, 1.807) is 6.07 Å². The number of carbonyl (C=O) groups is 2. The maximum absolute atomic E-state index is 11.5. The highest BCUT2D eigenvalue weighted by Gasteiger charge is 2.13. The van der Waals surface area contributed by atoms with Crippen LogP contribution in [0, 0.1) is 10.5 Å². The third kappa shape index (κ3) is 2.42. The average Bonchev–Trinajstić information content (AvgIpc) is 2.15. The van der Waals surface area contributed by atoms with Crippen molar-refractivity contribution < 1.29 is 9.59 Å². The standard InChI is InChI=1S/C10H8BrIO2/c1-6-2-7(10(14)4-11)8(5-13)9(12)3-6/h2-3,5H,4H2,1H3.